The van der Waals surface area contributed by atoms with Gasteiger partial charge >= 0.3 is 6.03 Å². The lowest BCUT2D eigenvalue weighted by Crippen LogP contribution is -2.30. The van der Waals surface area contributed by atoms with Gasteiger partial charge in [0.2, 0.25) is 0 Å². The van der Waals surface area contributed by atoms with Crippen LogP contribution in [0.3, 0.4) is 0 Å². The first-order chi connectivity index (χ1) is 14.3. The molecule has 29 heavy (non-hydrogen) atoms. The third kappa shape index (κ3) is 5.10. The quantitative estimate of drug-likeness (QED) is 0.510. The molecule has 0 unspecified atom stereocenters. The predicted molar refractivity (Wildman–Crippen MR) is 112 cm³/mol. The van der Waals surface area contributed by atoms with Gasteiger partial charge in [0, 0.05) is 37.0 Å². The molecule has 0 aliphatic heterocycles. The predicted octanol–water partition coefficient (Wildman–Crippen LogP) is 3.48. The second-order valence-electron chi connectivity index (χ2n) is 6.65. The van der Waals surface area contributed by atoms with Crippen molar-refractivity contribution in [3.05, 3.63) is 96.6 Å². The minimum atomic E-state index is -0.214. The standard InChI is InChI=1S/C22H22N6O/c29-22(26-20-5-1-4-19(16-20)17-27-14-2-11-24-27)23-13-10-18-6-8-21(9-7-18)28-15-3-12-25-28/h1-9,11-12,14-16H,10,13,17H2,(H2,23,26,29). The zero-order valence-corrected chi connectivity index (χ0v) is 15.9. The third-order valence-electron chi connectivity index (χ3n) is 4.49. The number of hydrogen-bond acceptors (Lipinski definition) is 3. The van der Waals surface area contributed by atoms with Crippen LogP contribution >= 0.6 is 0 Å². The maximum Gasteiger partial charge on any atom is 0.319 e. The van der Waals surface area contributed by atoms with Crippen LogP contribution in [0, 0.1) is 0 Å². The van der Waals surface area contributed by atoms with Crippen LogP contribution in [0.25, 0.3) is 5.69 Å². The van der Waals surface area contributed by atoms with Crippen LogP contribution in [0.2, 0.25) is 0 Å². The van der Waals surface area contributed by atoms with E-state index >= 15 is 0 Å². The van der Waals surface area contributed by atoms with Gasteiger partial charge in [0.15, 0.2) is 0 Å². The van der Waals surface area contributed by atoms with Crippen molar-refractivity contribution in [1.29, 1.82) is 0 Å². The molecule has 2 amide bonds. The number of nitrogens with zero attached hydrogens (tertiary/aromatic N) is 4. The molecular weight excluding hydrogens is 364 g/mol. The Morgan fingerprint density at radius 2 is 1.72 bits per heavy atom. The normalized spacial score (nSPS) is 10.6. The Kier molecular flexibility index (Phi) is 5.66. The molecule has 146 valence electrons. The van der Waals surface area contributed by atoms with Gasteiger partial charge in [0.1, 0.15) is 0 Å². The average Bonchev–Trinajstić information content (AvgIpc) is 3.43. The molecule has 4 rings (SSSR count). The van der Waals surface area contributed by atoms with Crippen LogP contribution in [0.15, 0.2) is 85.5 Å². The molecule has 0 spiro atoms. The lowest BCUT2D eigenvalue weighted by molar-refractivity contribution is 0.252. The van der Waals surface area contributed by atoms with Crippen LogP contribution < -0.4 is 10.6 Å². The van der Waals surface area contributed by atoms with Crippen LogP contribution in [-0.2, 0) is 13.0 Å². The summed E-state index contributed by atoms with van der Waals surface area (Å²) in [5, 5.41) is 14.2. The smallest absolute Gasteiger partial charge is 0.319 e. The molecule has 0 saturated heterocycles. The Morgan fingerprint density at radius 3 is 2.48 bits per heavy atom. The minimum Gasteiger partial charge on any atom is -0.338 e. The summed E-state index contributed by atoms with van der Waals surface area (Å²) in [4.78, 5) is 12.2. The summed E-state index contributed by atoms with van der Waals surface area (Å²) < 4.78 is 3.66. The molecule has 7 heteroatoms. The molecule has 0 saturated carbocycles. The van der Waals surface area contributed by atoms with Crippen LogP contribution in [0.1, 0.15) is 11.1 Å². The Hall–Kier alpha value is -3.87. The zero-order chi connectivity index (χ0) is 19.9. The van der Waals surface area contributed by atoms with Crippen molar-refractivity contribution in [2.45, 2.75) is 13.0 Å². The van der Waals surface area contributed by atoms with E-state index in [4.69, 9.17) is 0 Å². The third-order valence-corrected chi connectivity index (χ3v) is 4.49. The number of amides is 2. The minimum absolute atomic E-state index is 0.214. The zero-order valence-electron chi connectivity index (χ0n) is 15.9. The number of anilines is 1. The Morgan fingerprint density at radius 1 is 0.897 bits per heavy atom. The van der Waals surface area contributed by atoms with Gasteiger partial charge in [-0.2, -0.15) is 10.2 Å². The highest BCUT2D eigenvalue weighted by Crippen LogP contribution is 2.12. The molecule has 0 bridgehead atoms. The second kappa shape index (κ2) is 8.88. The molecule has 0 aliphatic rings. The topological polar surface area (TPSA) is 76.8 Å². The summed E-state index contributed by atoms with van der Waals surface area (Å²) in [6.07, 6.45) is 8.08. The van der Waals surface area contributed by atoms with E-state index in [1.807, 2.05) is 70.3 Å². The molecule has 2 aromatic carbocycles. The van der Waals surface area contributed by atoms with Crippen molar-refractivity contribution >= 4 is 11.7 Å². The van der Waals surface area contributed by atoms with E-state index in [0.29, 0.717) is 13.1 Å². The first-order valence-electron chi connectivity index (χ1n) is 9.46. The summed E-state index contributed by atoms with van der Waals surface area (Å²) in [5.41, 5.74) is 4.00. The first kappa shape index (κ1) is 18.5. The highest BCUT2D eigenvalue weighted by atomic mass is 16.2. The van der Waals surface area contributed by atoms with Gasteiger partial charge in [-0.15, -0.1) is 0 Å². The van der Waals surface area contributed by atoms with Gasteiger partial charge in [-0.25, -0.2) is 9.48 Å². The summed E-state index contributed by atoms with van der Waals surface area (Å²) in [6, 6.07) is 19.5. The summed E-state index contributed by atoms with van der Waals surface area (Å²) >= 11 is 0. The highest BCUT2D eigenvalue weighted by molar-refractivity contribution is 5.89. The number of rotatable bonds is 7. The Balaban J connectivity index is 1.25. The fourth-order valence-electron chi connectivity index (χ4n) is 3.06. The first-order valence-corrected chi connectivity index (χ1v) is 9.46. The van der Waals surface area contributed by atoms with E-state index < -0.39 is 0 Å². The largest absolute Gasteiger partial charge is 0.338 e. The van der Waals surface area contributed by atoms with E-state index in [2.05, 4.69) is 33.0 Å². The number of aromatic nitrogens is 4. The van der Waals surface area contributed by atoms with E-state index in [9.17, 15) is 4.79 Å². The number of nitrogens with one attached hydrogen (secondary N) is 2. The molecular formula is C22H22N6O. The second-order valence-corrected chi connectivity index (χ2v) is 6.65. The molecule has 0 aliphatic carbocycles. The van der Waals surface area contributed by atoms with Gasteiger partial charge in [0.05, 0.1) is 12.2 Å². The van der Waals surface area contributed by atoms with Gasteiger partial charge in [-0.1, -0.05) is 24.3 Å². The van der Waals surface area contributed by atoms with E-state index in [1.54, 1.807) is 12.4 Å². The van der Waals surface area contributed by atoms with E-state index in [-0.39, 0.29) is 6.03 Å². The fraction of sp³-hybridized carbons (Fsp3) is 0.136. The fourth-order valence-corrected chi connectivity index (χ4v) is 3.06. The number of carbonyl (C=O) groups excluding carboxylic acids is 1. The van der Waals surface area contributed by atoms with Gasteiger partial charge in [0.25, 0.3) is 0 Å². The number of urea groups is 1. The van der Waals surface area contributed by atoms with Crippen LogP contribution in [-0.4, -0.2) is 32.1 Å². The Bertz CT molecular complexity index is 1040. The van der Waals surface area contributed by atoms with Gasteiger partial charge in [-0.3, -0.25) is 4.68 Å². The molecule has 4 aromatic rings. The van der Waals surface area contributed by atoms with Gasteiger partial charge in [-0.05, 0) is 53.9 Å². The van der Waals surface area contributed by atoms with E-state index in [1.165, 1.54) is 0 Å². The maximum absolute atomic E-state index is 12.2. The molecule has 0 atom stereocenters. The average molecular weight is 386 g/mol. The summed E-state index contributed by atoms with van der Waals surface area (Å²) in [5.74, 6) is 0. The molecule has 2 N–H and O–H groups in total. The van der Waals surface area contributed by atoms with Crippen molar-refractivity contribution in [2.75, 3.05) is 11.9 Å². The molecule has 0 radical (unpaired) electrons. The van der Waals surface area contributed by atoms with Crippen molar-refractivity contribution < 1.29 is 4.79 Å². The SMILES string of the molecule is O=C(NCCc1ccc(-n2cccn2)cc1)Nc1cccc(Cn2cccn2)c1. The van der Waals surface area contributed by atoms with Crippen LogP contribution in [0.4, 0.5) is 10.5 Å². The highest BCUT2D eigenvalue weighted by Gasteiger charge is 2.04. The van der Waals surface area contributed by atoms with Crippen molar-refractivity contribution in [2.24, 2.45) is 0 Å². The lowest BCUT2D eigenvalue weighted by atomic mass is 10.1. The molecule has 7 nitrogen and oxygen atoms in total. The molecule has 0 fully saturated rings. The Labute approximate surface area is 169 Å². The maximum atomic E-state index is 12.2. The van der Waals surface area contributed by atoms with Crippen molar-refractivity contribution in [1.82, 2.24) is 24.9 Å². The van der Waals surface area contributed by atoms with Crippen molar-refractivity contribution in [3.63, 3.8) is 0 Å². The van der Waals surface area contributed by atoms with E-state index in [0.717, 1.165) is 28.9 Å². The summed E-state index contributed by atoms with van der Waals surface area (Å²) in [6.45, 7) is 1.22. The lowest BCUT2D eigenvalue weighted by Gasteiger charge is -2.10. The van der Waals surface area contributed by atoms with Gasteiger partial charge < -0.3 is 10.6 Å². The molecule has 2 aromatic heterocycles. The summed E-state index contributed by atoms with van der Waals surface area (Å²) in [7, 11) is 0. The molecule has 2 heterocycles. The van der Waals surface area contributed by atoms with Crippen LogP contribution in [0.5, 0.6) is 0 Å². The number of carbonyl (C=O) groups is 1. The van der Waals surface area contributed by atoms with Crippen molar-refractivity contribution in [3.8, 4) is 5.69 Å². The number of hydrogen-bond donors (Lipinski definition) is 2. The monoisotopic (exact) mass is 386 g/mol. The number of benzene rings is 2.